The van der Waals surface area contributed by atoms with Crippen molar-refractivity contribution >= 4 is 34.3 Å². The van der Waals surface area contributed by atoms with Gasteiger partial charge in [-0.15, -0.1) is 0 Å². The molecule has 6 rings (SSSR count). The fourth-order valence-electron chi connectivity index (χ4n) is 5.56. The molecule has 0 atom stereocenters. The van der Waals surface area contributed by atoms with Gasteiger partial charge in [0.25, 0.3) is 5.56 Å². The Morgan fingerprint density at radius 2 is 1.89 bits per heavy atom. The van der Waals surface area contributed by atoms with E-state index in [0.717, 1.165) is 48.5 Å². The summed E-state index contributed by atoms with van der Waals surface area (Å²) in [6, 6.07) is 12.1. The zero-order valence-electron chi connectivity index (χ0n) is 19.9. The number of anilines is 1. The van der Waals surface area contributed by atoms with Gasteiger partial charge in [0.05, 0.1) is 39.4 Å². The minimum Gasteiger partial charge on any atom is -0.476 e. The van der Waals surface area contributed by atoms with Crippen molar-refractivity contribution in [1.82, 2.24) is 19.5 Å². The lowest BCUT2D eigenvalue weighted by atomic mass is 9.83. The molecule has 4 aromatic rings. The van der Waals surface area contributed by atoms with Gasteiger partial charge in [0.15, 0.2) is 5.69 Å². The second-order valence-corrected chi connectivity index (χ2v) is 10.3. The molecule has 2 aliphatic heterocycles. The second-order valence-electron chi connectivity index (χ2n) is 9.94. The highest BCUT2D eigenvalue weighted by atomic mass is 35.5. The van der Waals surface area contributed by atoms with Crippen molar-refractivity contribution in [2.75, 3.05) is 18.0 Å². The molecule has 36 heavy (non-hydrogen) atoms. The van der Waals surface area contributed by atoms with Gasteiger partial charge in [-0.25, -0.2) is 14.8 Å². The fourth-order valence-corrected chi connectivity index (χ4v) is 5.81. The molecule has 0 aliphatic carbocycles. The third-order valence-electron chi connectivity index (χ3n) is 7.51. The van der Waals surface area contributed by atoms with Crippen LogP contribution in [0.25, 0.3) is 16.6 Å². The highest BCUT2D eigenvalue weighted by molar-refractivity contribution is 6.35. The first-order valence-electron chi connectivity index (χ1n) is 11.9. The molecule has 9 heteroatoms. The summed E-state index contributed by atoms with van der Waals surface area (Å²) in [6.07, 6.45) is 4.71. The Kier molecular flexibility index (Phi) is 5.12. The second kappa shape index (κ2) is 8.13. The van der Waals surface area contributed by atoms with Crippen LogP contribution in [-0.2, 0) is 5.41 Å². The molecule has 2 aliphatic rings. The molecule has 0 amide bonds. The van der Waals surface area contributed by atoms with Gasteiger partial charge < -0.3 is 10.0 Å². The molecule has 0 unspecified atom stereocenters. The number of rotatable bonds is 3. The molecule has 1 N–H and O–H groups in total. The number of aromatic carboxylic acids is 1. The standard InChI is InChI=1S/C27H24ClN5O3/c1-27(2)17-7-6-16(15-8-10-32(11-9-15)22-14-29-19(13-30-22)25(35)36)12-21(17)33-20-5-3-4-18(28)23(20)24(34)31-26(27)33/h3-7,12-15H,8-11H2,1-2H3,(H,35,36). The van der Waals surface area contributed by atoms with Crippen molar-refractivity contribution in [1.29, 1.82) is 0 Å². The van der Waals surface area contributed by atoms with E-state index < -0.39 is 11.4 Å². The Bertz CT molecular complexity index is 1590. The van der Waals surface area contributed by atoms with Gasteiger partial charge in [-0.3, -0.25) is 9.36 Å². The maximum Gasteiger partial charge on any atom is 0.356 e. The molecular weight excluding hydrogens is 478 g/mol. The van der Waals surface area contributed by atoms with Crippen LogP contribution in [0.3, 0.4) is 0 Å². The minimum atomic E-state index is -1.08. The summed E-state index contributed by atoms with van der Waals surface area (Å²) in [5.74, 6) is 0.713. The molecular formula is C27H24ClN5O3. The number of hydrogen-bond donors (Lipinski definition) is 1. The van der Waals surface area contributed by atoms with Crippen LogP contribution in [0.1, 0.15) is 60.0 Å². The van der Waals surface area contributed by atoms with Crippen molar-refractivity contribution in [2.24, 2.45) is 0 Å². The van der Waals surface area contributed by atoms with E-state index in [9.17, 15) is 9.59 Å². The topological polar surface area (TPSA) is 101 Å². The van der Waals surface area contributed by atoms with E-state index in [0.29, 0.717) is 22.1 Å². The Morgan fingerprint density at radius 1 is 1.11 bits per heavy atom. The van der Waals surface area contributed by atoms with E-state index in [-0.39, 0.29) is 11.3 Å². The molecule has 0 bridgehead atoms. The summed E-state index contributed by atoms with van der Waals surface area (Å²) in [5.41, 5.74) is 3.45. The van der Waals surface area contributed by atoms with Crippen molar-refractivity contribution in [3.8, 4) is 5.69 Å². The lowest BCUT2D eigenvalue weighted by Gasteiger charge is -2.33. The number of aromatic nitrogens is 4. The van der Waals surface area contributed by atoms with E-state index in [1.807, 2.05) is 12.1 Å². The van der Waals surface area contributed by atoms with Crippen molar-refractivity contribution in [2.45, 2.75) is 38.0 Å². The average molecular weight is 502 g/mol. The lowest BCUT2D eigenvalue weighted by Crippen LogP contribution is -2.33. The largest absolute Gasteiger partial charge is 0.476 e. The minimum absolute atomic E-state index is 0.0557. The first-order valence-corrected chi connectivity index (χ1v) is 12.3. The molecule has 0 saturated carbocycles. The third kappa shape index (κ3) is 3.39. The summed E-state index contributed by atoms with van der Waals surface area (Å²) in [4.78, 5) is 38.8. The molecule has 4 heterocycles. The number of piperidine rings is 1. The number of hydrogen-bond acceptors (Lipinski definition) is 6. The zero-order chi connectivity index (χ0) is 25.2. The molecule has 182 valence electrons. The maximum atomic E-state index is 12.9. The summed E-state index contributed by atoms with van der Waals surface area (Å²) in [5, 5.41) is 9.91. The first-order chi connectivity index (χ1) is 17.3. The predicted molar refractivity (Wildman–Crippen MR) is 138 cm³/mol. The molecule has 2 aromatic heterocycles. The molecule has 0 spiro atoms. The monoisotopic (exact) mass is 501 g/mol. The molecule has 2 aromatic carbocycles. The van der Waals surface area contributed by atoms with Crippen LogP contribution >= 0.6 is 11.6 Å². The normalized spacial score (nSPS) is 16.7. The SMILES string of the molecule is CC1(C)c2ccc(C3CCN(c4cnc(C(=O)O)cn4)CC3)cc2-n2c1nc(=O)c1c(Cl)cccc12. The van der Waals surface area contributed by atoms with Crippen LogP contribution in [0.5, 0.6) is 0 Å². The van der Waals surface area contributed by atoms with Crippen LogP contribution in [0, 0.1) is 0 Å². The Labute approximate surface area is 212 Å². The van der Waals surface area contributed by atoms with Gasteiger partial charge in [-0.05, 0) is 61.9 Å². The number of carbonyl (C=O) groups is 1. The highest BCUT2D eigenvalue weighted by Crippen LogP contribution is 2.44. The number of carboxylic acids is 1. The van der Waals surface area contributed by atoms with Crippen molar-refractivity contribution < 1.29 is 9.90 Å². The van der Waals surface area contributed by atoms with Gasteiger partial charge in [-0.2, -0.15) is 4.98 Å². The van der Waals surface area contributed by atoms with Crippen LogP contribution < -0.4 is 10.5 Å². The lowest BCUT2D eigenvalue weighted by molar-refractivity contribution is 0.0690. The highest BCUT2D eigenvalue weighted by Gasteiger charge is 2.39. The third-order valence-corrected chi connectivity index (χ3v) is 7.82. The Morgan fingerprint density at radius 3 is 2.58 bits per heavy atom. The first kappa shape index (κ1) is 22.7. The van der Waals surface area contributed by atoms with Crippen LogP contribution in [-0.4, -0.2) is 43.7 Å². The van der Waals surface area contributed by atoms with E-state index >= 15 is 0 Å². The smallest absolute Gasteiger partial charge is 0.356 e. The maximum absolute atomic E-state index is 12.9. The van der Waals surface area contributed by atoms with E-state index in [4.69, 9.17) is 16.7 Å². The van der Waals surface area contributed by atoms with Gasteiger partial charge in [0.2, 0.25) is 0 Å². The number of fused-ring (bicyclic) bond motifs is 5. The summed E-state index contributed by atoms with van der Waals surface area (Å²) in [7, 11) is 0. The van der Waals surface area contributed by atoms with Crippen molar-refractivity contribution in [3.63, 3.8) is 0 Å². The van der Waals surface area contributed by atoms with Crippen LogP contribution in [0.4, 0.5) is 5.82 Å². The van der Waals surface area contributed by atoms with E-state index in [1.54, 1.807) is 6.07 Å². The molecule has 8 nitrogen and oxygen atoms in total. The average Bonchev–Trinajstić information content (AvgIpc) is 3.10. The van der Waals surface area contributed by atoms with Crippen LogP contribution in [0.15, 0.2) is 53.6 Å². The van der Waals surface area contributed by atoms with Gasteiger partial charge in [0, 0.05) is 13.1 Å². The van der Waals surface area contributed by atoms with Gasteiger partial charge >= 0.3 is 5.97 Å². The fraction of sp³-hybridized carbons (Fsp3) is 0.296. The Balaban J connectivity index is 1.33. The Hall–Kier alpha value is -3.78. The summed E-state index contributed by atoms with van der Waals surface area (Å²) in [6.45, 7) is 5.81. The van der Waals surface area contributed by atoms with Gasteiger partial charge in [0.1, 0.15) is 11.6 Å². The van der Waals surface area contributed by atoms with E-state index in [1.165, 1.54) is 18.0 Å². The number of carboxylic acid groups (broad SMARTS) is 1. The number of halogens is 1. The van der Waals surface area contributed by atoms with E-state index in [2.05, 4.69) is 56.5 Å². The molecule has 1 fully saturated rings. The van der Waals surface area contributed by atoms with Crippen molar-refractivity contribution in [3.05, 3.63) is 86.8 Å². The van der Waals surface area contributed by atoms with Gasteiger partial charge in [-0.1, -0.05) is 29.8 Å². The predicted octanol–water partition coefficient (Wildman–Crippen LogP) is 4.55. The quantitative estimate of drug-likeness (QED) is 0.439. The summed E-state index contributed by atoms with van der Waals surface area (Å²) < 4.78 is 2.09. The van der Waals surface area contributed by atoms with Crippen LogP contribution in [0.2, 0.25) is 5.02 Å². The molecule has 0 radical (unpaired) electrons. The summed E-state index contributed by atoms with van der Waals surface area (Å²) >= 11 is 6.41. The number of nitrogens with zero attached hydrogens (tertiary/aromatic N) is 5. The number of benzene rings is 2. The molecule has 1 saturated heterocycles. The zero-order valence-corrected chi connectivity index (χ0v) is 20.7.